The molecular weight excluding hydrogens is 314 g/mol. The Bertz CT molecular complexity index is 449. The van der Waals surface area contributed by atoms with Gasteiger partial charge in [-0.1, -0.05) is 24.9 Å². The van der Waals surface area contributed by atoms with Crippen molar-refractivity contribution >= 4 is 33.4 Å². The van der Waals surface area contributed by atoms with E-state index in [-0.39, 0.29) is 5.91 Å². The summed E-state index contributed by atoms with van der Waals surface area (Å²) >= 11 is 9.30. The number of amides is 1. The number of halogens is 2. The molecule has 1 aliphatic rings. The van der Waals surface area contributed by atoms with E-state index in [9.17, 15) is 4.79 Å². The summed E-state index contributed by atoms with van der Waals surface area (Å²) in [7, 11) is 0. The van der Waals surface area contributed by atoms with Crippen LogP contribution in [0.5, 0.6) is 0 Å². The van der Waals surface area contributed by atoms with Gasteiger partial charge in [0.05, 0.1) is 5.56 Å². The van der Waals surface area contributed by atoms with Crippen molar-refractivity contribution in [3.8, 4) is 0 Å². The van der Waals surface area contributed by atoms with Crippen LogP contribution in [-0.2, 0) is 0 Å². The number of nitrogens with zero attached hydrogens (tertiary/aromatic N) is 1. The molecule has 1 aromatic carbocycles. The molecule has 1 amide bonds. The van der Waals surface area contributed by atoms with Gasteiger partial charge in [-0.2, -0.15) is 0 Å². The molecule has 0 spiro atoms. The molecule has 4 heteroatoms. The number of hydrogen-bond donors (Lipinski definition) is 0. The van der Waals surface area contributed by atoms with Crippen LogP contribution < -0.4 is 0 Å². The highest BCUT2D eigenvalue weighted by Crippen LogP contribution is 2.26. The van der Waals surface area contributed by atoms with Crippen LogP contribution in [0, 0.1) is 5.92 Å². The molecule has 1 atom stereocenters. The van der Waals surface area contributed by atoms with Crippen LogP contribution >= 0.6 is 27.5 Å². The summed E-state index contributed by atoms with van der Waals surface area (Å²) in [4.78, 5) is 14.3. The third-order valence-electron chi connectivity index (χ3n) is 3.43. The second-order valence-corrected chi connectivity index (χ2v) is 6.11. The Hall–Kier alpha value is -0.540. The van der Waals surface area contributed by atoms with Gasteiger partial charge in [-0.25, -0.2) is 0 Å². The van der Waals surface area contributed by atoms with Gasteiger partial charge >= 0.3 is 0 Å². The van der Waals surface area contributed by atoms with E-state index in [0.717, 1.165) is 24.0 Å². The fraction of sp³-hybridized carbons (Fsp3) is 0.500. The molecule has 0 bridgehead atoms. The van der Waals surface area contributed by atoms with E-state index in [1.165, 1.54) is 12.8 Å². The fourth-order valence-electron chi connectivity index (χ4n) is 2.49. The molecule has 0 N–H and O–H groups in total. The van der Waals surface area contributed by atoms with Gasteiger partial charge in [0.25, 0.3) is 5.91 Å². The van der Waals surface area contributed by atoms with Crippen molar-refractivity contribution in [2.45, 2.75) is 26.2 Å². The van der Waals surface area contributed by atoms with Gasteiger partial charge in [0.1, 0.15) is 0 Å². The Labute approximate surface area is 121 Å². The quantitative estimate of drug-likeness (QED) is 0.806. The van der Waals surface area contributed by atoms with Gasteiger partial charge in [0.2, 0.25) is 0 Å². The predicted octanol–water partition coefficient (Wildman–Crippen LogP) is 4.36. The Balaban J connectivity index is 2.08. The van der Waals surface area contributed by atoms with Crippen molar-refractivity contribution in [3.05, 3.63) is 33.3 Å². The maximum Gasteiger partial charge on any atom is 0.255 e. The van der Waals surface area contributed by atoms with Gasteiger partial charge in [-0.05, 0) is 52.9 Å². The minimum absolute atomic E-state index is 0.108. The molecule has 98 valence electrons. The van der Waals surface area contributed by atoms with E-state index in [2.05, 4.69) is 22.9 Å². The minimum Gasteiger partial charge on any atom is -0.338 e. The summed E-state index contributed by atoms with van der Waals surface area (Å²) in [5, 5.41) is 0.642. The van der Waals surface area contributed by atoms with Crippen molar-refractivity contribution in [2.24, 2.45) is 5.92 Å². The summed E-state index contributed by atoms with van der Waals surface area (Å²) in [5.74, 6) is 0.780. The van der Waals surface area contributed by atoms with E-state index in [1.807, 2.05) is 4.90 Å². The topological polar surface area (TPSA) is 20.3 Å². The maximum atomic E-state index is 12.4. The first-order valence-electron chi connectivity index (χ1n) is 6.36. The first kappa shape index (κ1) is 13.9. The predicted molar refractivity (Wildman–Crippen MR) is 78.1 cm³/mol. The normalized spacial score (nSPS) is 19.3. The van der Waals surface area contributed by atoms with E-state index in [1.54, 1.807) is 18.2 Å². The zero-order valence-electron chi connectivity index (χ0n) is 10.5. The number of likely N-dealkylation sites (tertiary alicyclic amines) is 1. The molecular formula is C14H17BrClNO. The average Bonchev–Trinajstić information content (AvgIpc) is 2.77. The Morgan fingerprint density at radius 3 is 3.00 bits per heavy atom. The van der Waals surface area contributed by atoms with Crippen LogP contribution in [0.4, 0.5) is 0 Å². The van der Waals surface area contributed by atoms with E-state index in [4.69, 9.17) is 11.6 Å². The number of rotatable bonds is 3. The second-order valence-electron chi connectivity index (χ2n) is 4.82. The third-order valence-corrected chi connectivity index (χ3v) is 4.32. The number of carbonyl (C=O) groups excluding carboxylic acids is 1. The van der Waals surface area contributed by atoms with Crippen molar-refractivity contribution < 1.29 is 4.79 Å². The molecule has 1 saturated heterocycles. The minimum atomic E-state index is 0.108. The van der Waals surface area contributed by atoms with Crippen molar-refractivity contribution in [1.82, 2.24) is 4.90 Å². The van der Waals surface area contributed by atoms with Gasteiger partial charge in [-0.3, -0.25) is 4.79 Å². The van der Waals surface area contributed by atoms with Crippen LogP contribution in [0.2, 0.25) is 5.02 Å². The highest BCUT2D eigenvalue weighted by molar-refractivity contribution is 9.10. The van der Waals surface area contributed by atoms with Crippen molar-refractivity contribution in [1.29, 1.82) is 0 Å². The third kappa shape index (κ3) is 3.07. The molecule has 1 unspecified atom stereocenters. The molecule has 18 heavy (non-hydrogen) atoms. The summed E-state index contributed by atoms with van der Waals surface area (Å²) in [6.07, 6.45) is 3.54. The van der Waals surface area contributed by atoms with Crippen molar-refractivity contribution in [3.63, 3.8) is 0 Å². The van der Waals surface area contributed by atoms with Gasteiger partial charge in [0, 0.05) is 22.6 Å². The highest BCUT2D eigenvalue weighted by Gasteiger charge is 2.27. The lowest BCUT2D eigenvalue weighted by atomic mass is 10.0. The zero-order chi connectivity index (χ0) is 13.1. The van der Waals surface area contributed by atoms with Gasteiger partial charge < -0.3 is 4.90 Å². The zero-order valence-corrected chi connectivity index (χ0v) is 12.8. The maximum absolute atomic E-state index is 12.4. The molecule has 0 saturated carbocycles. The summed E-state index contributed by atoms with van der Waals surface area (Å²) in [6.45, 7) is 3.96. The summed E-state index contributed by atoms with van der Waals surface area (Å²) in [6, 6.07) is 5.33. The van der Waals surface area contributed by atoms with Crippen LogP contribution in [0.25, 0.3) is 0 Å². The van der Waals surface area contributed by atoms with Crippen LogP contribution in [0.1, 0.15) is 36.5 Å². The lowest BCUT2D eigenvalue weighted by Gasteiger charge is -2.17. The van der Waals surface area contributed by atoms with E-state index < -0.39 is 0 Å². The van der Waals surface area contributed by atoms with E-state index in [0.29, 0.717) is 16.5 Å². The molecule has 2 rings (SSSR count). The Morgan fingerprint density at radius 1 is 1.56 bits per heavy atom. The van der Waals surface area contributed by atoms with Crippen LogP contribution in [0.3, 0.4) is 0 Å². The Kier molecular flexibility index (Phi) is 4.68. The molecule has 0 aromatic heterocycles. The fourth-order valence-corrected chi connectivity index (χ4v) is 3.35. The average molecular weight is 331 g/mol. The Morgan fingerprint density at radius 2 is 2.33 bits per heavy atom. The highest BCUT2D eigenvalue weighted by atomic mass is 79.9. The molecule has 1 heterocycles. The SMILES string of the molecule is CCCC1CCN(C(=O)c2ccc(Cl)cc2Br)C1. The van der Waals surface area contributed by atoms with Gasteiger partial charge in [0.15, 0.2) is 0 Å². The van der Waals surface area contributed by atoms with E-state index >= 15 is 0 Å². The number of benzene rings is 1. The summed E-state index contributed by atoms with van der Waals surface area (Å²) in [5.41, 5.74) is 0.705. The summed E-state index contributed by atoms with van der Waals surface area (Å²) < 4.78 is 0.777. The molecule has 1 aromatic rings. The lowest BCUT2D eigenvalue weighted by molar-refractivity contribution is 0.0785. The van der Waals surface area contributed by atoms with Gasteiger partial charge in [-0.15, -0.1) is 0 Å². The molecule has 0 radical (unpaired) electrons. The molecule has 2 nitrogen and oxygen atoms in total. The second kappa shape index (κ2) is 6.07. The largest absolute Gasteiger partial charge is 0.338 e. The smallest absolute Gasteiger partial charge is 0.255 e. The molecule has 1 fully saturated rings. The monoisotopic (exact) mass is 329 g/mol. The standard InChI is InChI=1S/C14H17BrClNO/c1-2-3-10-6-7-17(9-10)14(18)12-5-4-11(16)8-13(12)15/h4-5,8,10H,2-3,6-7,9H2,1H3. The van der Waals surface area contributed by atoms with Crippen LogP contribution in [-0.4, -0.2) is 23.9 Å². The number of carbonyl (C=O) groups is 1. The molecule has 0 aliphatic carbocycles. The van der Waals surface area contributed by atoms with Crippen LogP contribution in [0.15, 0.2) is 22.7 Å². The van der Waals surface area contributed by atoms with Crippen molar-refractivity contribution in [2.75, 3.05) is 13.1 Å². The first-order chi connectivity index (χ1) is 8.61. The first-order valence-corrected chi connectivity index (χ1v) is 7.53. The molecule has 1 aliphatic heterocycles. The lowest BCUT2D eigenvalue weighted by Crippen LogP contribution is -2.28. The number of hydrogen-bond acceptors (Lipinski definition) is 1.